The van der Waals surface area contributed by atoms with Crippen molar-refractivity contribution in [1.82, 2.24) is 5.32 Å². The zero-order chi connectivity index (χ0) is 57.1. The molecule has 15 heteroatoms. The van der Waals surface area contributed by atoms with Crippen LogP contribution in [-0.2, 0) is 74.9 Å². The molecule has 446 valence electrons. The lowest BCUT2D eigenvalue weighted by Gasteiger charge is -2.71. The van der Waals surface area contributed by atoms with Crippen LogP contribution in [0.25, 0.3) is 0 Å². The van der Waals surface area contributed by atoms with Crippen molar-refractivity contribution in [1.29, 1.82) is 0 Å². The molecule has 2 aromatic carbocycles. The van der Waals surface area contributed by atoms with Gasteiger partial charge in [0, 0.05) is 31.8 Å². The molecule has 1 amide bonds. The predicted molar refractivity (Wildman–Crippen MR) is 303 cm³/mol. The zero-order valence-corrected chi connectivity index (χ0v) is 50.0. The van der Waals surface area contributed by atoms with Crippen molar-refractivity contribution in [3.05, 3.63) is 83.4 Å². The number of fused-ring (bicyclic) bond motifs is 7. The van der Waals surface area contributed by atoms with Crippen LogP contribution >= 0.6 is 0 Å². The van der Waals surface area contributed by atoms with E-state index in [1.54, 1.807) is 0 Å². The molecule has 15 nitrogen and oxygen atoms in total. The molecule has 1 aliphatic heterocycles. The first-order valence-corrected chi connectivity index (χ1v) is 30.4. The van der Waals surface area contributed by atoms with Gasteiger partial charge in [0.05, 0.1) is 45.1 Å². The maximum absolute atomic E-state index is 14.6. The molecule has 0 radical (unpaired) electrons. The van der Waals surface area contributed by atoms with E-state index in [1.165, 1.54) is 5.57 Å². The number of rotatable bonds is 26. The monoisotopic (exact) mass is 1120 g/mol. The highest BCUT2D eigenvalue weighted by atomic mass is 16.7. The van der Waals surface area contributed by atoms with Gasteiger partial charge in [-0.2, -0.15) is 0 Å². The van der Waals surface area contributed by atoms with Gasteiger partial charge in [0.25, 0.3) is 0 Å². The molecule has 15 atom stereocenters. The van der Waals surface area contributed by atoms with Gasteiger partial charge in [-0.1, -0.05) is 121 Å². The van der Waals surface area contributed by atoms with Crippen molar-refractivity contribution in [3.63, 3.8) is 0 Å². The van der Waals surface area contributed by atoms with Crippen LogP contribution in [0.5, 0.6) is 0 Å². The van der Waals surface area contributed by atoms with E-state index in [0.717, 1.165) is 68.9 Å². The van der Waals surface area contributed by atoms with Crippen molar-refractivity contribution in [3.8, 4) is 0 Å². The topological polar surface area (TPSA) is 165 Å². The number of carbonyl (C=O) groups excluding carboxylic acids is 3. The van der Waals surface area contributed by atoms with Gasteiger partial charge in [0.1, 0.15) is 50.3 Å². The number of hydrogen-bond donors (Lipinski definition) is 1. The van der Waals surface area contributed by atoms with E-state index >= 15 is 0 Å². The Bertz CT molecular complexity index is 2330. The maximum atomic E-state index is 14.6. The molecule has 8 rings (SSSR count). The summed E-state index contributed by atoms with van der Waals surface area (Å²) in [7, 11) is 0. The number of allylic oxidation sites excluding steroid dienone is 2. The van der Waals surface area contributed by atoms with E-state index in [-0.39, 0.29) is 72.6 Å². The Kier molecular flexibility index (Phi) is 21.5. The highest BCUT2D eigenvalue weighted by Crippen LogP contribution is 2.76. The lowest BCUT2D eigenvalue weighted by Crippen LogP contribution is -2.65. The quantitative estimate of drug-likeness (QED) is 0.0409. The molecule has 2 aromatic rings. The van der Waals surface area contributed by atoms with E-state index in [9.17, 15) is 14.4 Å². The van der Waals surface area contributed by atoms with Gasteiger partial charge in [0.2, 0.25) is 0 Å². The summed E-state index contributed by atoms with van der Waals surface area (Å²) in [4.78, 5) is 42.1. The second-order valence-corrected chi connectivity index (χ2v) is 25.1. The maximum Gasteiger partial charge on any atom is 0.407 e. The van der Waals surface area contributed by atoms with E-state index in [4.69, 9.17) is 52.1 Å². The predicted octanol–water partition coefficient (Wildman–Crippen LogP) is 11.2. The lowest BCUT2D eigenvalue weighted by molar-refractivity contribution is -0.318. The number of hydrogen-bond acceptors (Lipinski definition) is 14. The van der Waals surface area contributed by atoms with Crippen molar-refractivity contribution >= 4 is 18.0 Å². The summed E-state index contributed by atoms with van der Waals surface area (Å²) in [6.45, 7) is 25.9. The standard InChI is InChI=1S/C65H97NO14/c1-11-70-34-37-73-55-49(40-66-60(69)78-42-47-22-18-15-19-23-47)79-58(57(75-39-36-72-13-3)56(55)74-38-35-71-12-2)76-43-53(67)80-52-28-29-62(8)50(61(52,6)7)27-30-64(10)51(62)25-24-48-54-45(5)44(4)26-31-65(54,33-32-63(48,64)9)59(68)77-41-46-20-16-14-17-21-46/h14-24,44-45,49-52,54-58H,11-13,25-43H2,1-10H3,(H,66,69)/t44-,45+,49-,50+,51-,52+,54+,55-,56+,57-,58?,62+,63-,64-,65+/m1/s1. The summed E-state index contributed by atoms with van der Waals surface area (Å²) in [5.41, 5.74) is 2.49. The second kappa shape index (κ2) is 27.6. The van der Waals surface area contributed by atoms with Gasteiger partial charge in [-0.05, 0) is 136 Å². The largest absolute Gasteiger partial charge is 0.460 e. The van der Waals surface area contributed by atoms with E-state index in [1.807, 2.05) is 81.4 Å². The van der Waals surface area contributed by atoms with Crippen molar-refractivity contribution in [2.75, 3.05) is 72.6 Å². The van der Waals surface area contributed by atoms with Gasteiger partial charge in [-0.15, -0.1) is 0 Å². The molecule has 5 fully saturated rings. The Morgan fingerprint density at radius 3 is 1.86 bits per heavy atom. The molecule has 0 aromatic heterocycles. The summed E-state index contributed by atoms with van der Waals surface area (Å²) < 4.78 is 68.1. The number of alkyl carbamates (subject to hydrolysis) is 1. The van der Waals surface area contributed by atoms with E-state index in [0.29, 0.717) is 69.9 Å². The molecule has 1 unspecified atom stereocenters. The zero-order valence-electron chi connectivity index (χ0n) is 50.0. The van der Waals surface area contributed by atoms with E-state index < -0.39 is 54.8 Å². The molecular weight excluding hydrogens is 1020 g/mol. The first-order valence-electron chi connectivity index (χ1n) is 30.4. The molecule has 1 N–H and O–H groups in total. The minimum Gasteiger partial charge on any atom is -0.460 e. The Labute approximate surface area is 477 Å². The number of esters is 2. The third-order valence-electron chi connectivity index (χ3n) is 20.7. The molecule has 5 aliphatic carbocycles. The van der Waals surface area contributed by atoms with Crippen LogP contribution in [0.3, 0.4) is 0 Å². The van der Waals surface area contributed by atoms with Crippen LogP contribution in [0.15, 0.2) is 72.3 Å². The van der Waals surface area contributed by atoms with Crippen molar-refractivity contribution in [2.45, 2.75) is 177 Å². The summed E-state index contributed by atoms with van der Waals surface area (Å²) in [6, 6.07) is 19.5. The van der Waals surface area contributed by atoms with Crippen LogP contribution in [0, 0.1) is 56.7 Å². The van der Waals surface area contributed by atoms with Gasteiger partial charge in [-0.25, -0.2) is 9.59 Å². The Morgan fingerprint density at radius 1 is 0.637 bits per heavy atom. The highest BCUT2D eigenvalue weighted by molar-refractivity contribution is 5.79. The molecule has 6 aliphatic rings. The second-order valence-electron chi connectivity index (χ2n) is 25.1. The molecular formula is C65H97NO14. The van der Waals surface area contributed by atoms with Crippen LogP contribution < -0.4 is 5.32 Å². The van der Waals surface area contributed by atoms with Crippen LogP contribution in [-0.4, -0.2) is 127 Å². The summed E-state index contributed by atoms with van der Waals surface area (Å²) in [5, 5.41) is 2.86. The number of nitrogens with one attached hydrogen (secondary N) is 1. The molecule has 0 spiro atoms. The smallest absolute Gasteiger partial charge is 0.407 e. The third-order valence-corrected chi connectivity index (χ3v) is 20.7. The first-order chi connectivity index (χ1) is 38.5. The number of benzene rings is 2. The first kappa shape index (κ1) is 62.1. The molecule has 0 bridgehead atoms. The van der Waals surface area contributed by atoms with Crippen LogP contribution in [0.1, 0.15) is 138 Å². The number of amides is 1. The fourth-order valence-electron chi connectivity index (χ4n) is 16.1. The van der Waals surface area contributed by atoms with Crippen LogP contribution in [0.4, 0.5) is 4.79 Å². The fourth-order valence-corrected chi connectivity index (χ4v) is 16.1. The third kappa shape index (κ3) is 13.2. The SMILES string of the molecule is CCOCCO[C@H]1[C@H](OCCOCC)[C@@H](OCCOCC)C(OCC(=O)O[C@H]2CC[C@]3(C)[C@H]4CC=C5[C@@H]6[C@@H](C)[C@H](C)CC[C@]6(C(=O)OCc6ccccc6)CC[C@@]5(C)[C@]4(C)CC[C@H]3C2(C)C)O[C@@H]1CNC(=O)OCc1ccccc1. The van der Waals surface area contributed by atoms with Gasteiger partial charge >= 0.3 is 18.0 Å². The van der Waals surface area contributed by atoms with Gasteiger partial charge in [-0.3, -0.25) is 4.79 Å². The summed E-state index contributed by atoms with van der Waals surface area (Å²) in [6.07, 6.45) is 5.72. The molecule has 1 saturated heterocycles. The number of carbonyl (C=O) groups is 3. The van der Waals surface area contributed by atoms with Crippen molar-refractivity contribution < 1.29 is 66.5 Å². The Balaban J connectivity index is 0.972. The Morgan fingerprint density at radius 2 is 1.24 bits per heavy atom. The molecule has 80 heavy (non-hydrogen) atoms. The Hall–Kier alpha value is -3.93. The highest BCUT2D eigenvalue weighted by Gasteiger charge is 2.70. The van der Waals surface area contributed by atoms with Crippen molar-refractivity contribution in [2.24, 2.45) is 56.7 Å². The van der Waals surface area contributed by atoms with Crippen LogP contribution in [0.2, 0.25) is 0 Å². The van der Waals surface area contributed by atoms with Gasteiger partial charge in [0.15, 0.2) is 6.29 Å². The normalized spacial score (nSPS) is 35.3. The minimum atomic E-state index is -1.13. The fraction of sp³-hybridized carbons (Fsp3) is 0.738. The summed E-state index contributed by atoms with van der Waals surface area (Å²) >= 11 is 0. The average molecular weight is 1120 g/mol. The summed E-state index contributed by atoms with van der Waals surface area (Å²) in [5.74, 6) is 1.25. The van der Waals surface area contributed by atoms with Gasteiger partial charge < -0.3 is 57.4 Å². The van der Waals surface area contributed by atoms with E-state index in [2.05, 4.69) is 59.9 Å². The minimum absolute atomic E-state index is 0.00691. The molecule has 1 heterocycles. The molecule has 4 saturated carbocycles. The lowest BCUT2D eigenvalue weighted by atomic mass is 9.33. The average Bonchev–Trinajstić information content (AvgIpc) is 2.77. The number of ether oxygens (including phenoxy) is 11.